The lowest BCUT2D eigenvalue weighted by Crippen LogP contribution is -2.25. The first-order chi connectivity index (χ1) is 6.24. The van der Waals surface area contributed by atoms with Gasteiger partial charge in [0.15, 0.2) is 0 Å². The van der Waals surface area contributed by atoms with Gasteiger partial charge in [-0.2, -0.15) is 24.4 Å². The number of thioether (sulfide) groups is 1. The van der Waals surface area contributed by atoms with E-state index in [9.17, 15) is 0 Å². The minimum atomic E-state index is 0.755. The van der Waals surface area contributed by atoms with Crippen molar-refractivity contribution < 1.29 is 0 Å². The van der Waals surface area contributed by atoms with Gasteiger partial charge in [0.1, 0.15) is 0 Å². The van der Waals surface area contributed by atoms with Gasteiger partial charge in [-0.05, 0) is 30.5 Å². The zero-order chi connectivity index (χ0) is 10.1. The summed E-state index contributed by atoms with van der Waals surface area (Å²) in [5, 5.41) is 0. The Labute approximate surface area is 93.1 Å². The second-order valence-corrected chi connectivity index (χ2v) is 4.90. The number of hydrogen-bond donors (Lipinski definition) is 1. The van der Waals surface area contributed by atoms with Crippen LogP contribution >= 0.6 is 24.4 Å². The Kier molecular flexibility index (Phi) is 9.69. The summed E-state index contributed by atoms with van der Waals surface area (Å²) < 4.78 is 0. The summed E-state index contributed by atoms with van der Waals surface area (Å²) in [6, 6.07) is 0. The van der Waals surface area contributed by atoms with E-state index in [-0.39, 0.29) is 0 Å². The fraction of sp³-hybridized carbons (Fsp3) is 1.00. The highest BCUT2D eigenvalue weighted by Crippen LogP contribution is 2.09. The lowest BCUT2D eigenvalue weighted by atomic mass is 10.3. The summed E-state index contributed by atoms with van der Waals surface area (Å²) in [6.45, 7) is 10.3. The predicted octanol–water partition coefficient (Wildman–Crippen LogP) is 2.63. The molecule has 0 heterocycles. The van der Waals surface area contributed by atoms with E-state index in [0.717, 1.165) is 11.7 Å². The van der Waals surface area contributed by atoms with Crippen LogP contribution in [-0.4, -0.2) is 41.8 Å². The molecule has 0 amide bonds. The maximum atomic E-state index is 4.27. The van der Waals surface area contributed by atoms with E-state index < -0.39 is 0 Å². The third-order valence-corrected chi connectivity index (χ3v) is 4.06. The van der Waals surface area contributed by atoms with Crippen molar-refractivity contribution in [2.24, 2.45) is 5.92 Å². The van der Waals surface area contributed by atoms with Crippen molar-refractivity contribution in [3.8, 4) is 0 Å². The first kappa shape index (κ1) is 13.7. The maximum Gasteiger partial charge on any atom is 0.00721 e. The van der Waals surface area contributed by atoms with Crippen molar-refractivity contribution in [1.82, 2.24) is 4.90 Å². The Bertz CT molecular complexity index is 105. The number of rotatable bonds is 8. The van der Waals surface area contributed by atoms with Crippen molar-refractivity contribution in [1.29, 1.82) is 0 Å². The molecule has 0 bridgehead atoms. The molecule has 0 rings (SSSR count). The lowest BCUT2D eigenvalue weighted by molar-refractivity contribution is 0.324. The molecule has 0 radical (unpaired) electrons. The topological polar surface area (TPSA) is 3.24 Å². The molecule has 0 aliphatic carbocycles. The molecule has 0 N–H and O–H groups in total. The molecule has 80 valence electrons. The highest BCUT2D eigenvalue weighted by atomic mass is 32.2. The van der Waals surface area contributed by atoms with Gasteiger partial charge >= 0.3 is 0 Å². The fourth-order valence-electron chi connectivity index (χ4n) is 1.07. The third-order valence-electron chi connectivity index (χ3n) is 2.16. The van der Waals surface area contributed by atoms with E-state index in [4.69, 9.17) is 0 Å². The average Bonchev–Trinajstić information content (AvgIpc) is 2.18. The molecule has 0 aromatic heterocycles. The molecular weight excluding hydrogens is 198 g/mol. The normalized spacial score (nSPS) is 13.6. The molecule has 1 unspecified atom stereocenters. The van der Waals surface area contributed by atoms with Gasteiger partial charge in [0.2, 0.25) is 0 Å². The van der Waals surface area contributed by atoms with E-state index in [1.165, 1.54) is 31.1 Å². The highest BCUT2D eigenvalue weighted by molar-refractivity contribution is 7.99. The smallest absolute Gasteiger partial charge is 0.00721 e. The fourth-order valence-corrected chi connectivity index (χ4v) is 2.45. The van der Waals surface area contributed by atoms with E-state index in [1.54, 1.807) is 0 Å². The molecule has 0 saturated carbocycles. The summed E-state index contributed by atoms with van der Waals surface area (Å²) >= 11 is 6.33. The van der Waals surface area contributed by atoms with E-state index in [0.29, 0.717) is 0 Å². The quantitative estimate of drug-likeness (QED) is 0.496. The van der Waals surface area contributed by atoms with Gasteiger partial charge in [-0.1, -0.05) is 20.8 Å². The minimum Gasteiger partial charge on any atom is -0.303 e. The van der Waals surface area contributed by atoms with Crippen LogP contribution in [0.25, 0.3) is 0 Å². The van der Waals surface area contributed by atoms with E-state index >= 15 is 0 Å². The second-order valence-electron chi connectivity index (χ2n) is 3.39. The molecule has 0 saturated heterocycles. The van der Waals surface area contributed by atoms with Crippen molar-refractivity contribution >= 4 is 24.4 Å². The summed E-state index contributed by atoms with van der Waals surface area (Å²) in [7, 11) is 0. The van der Waals surface area contributed by atoms with Gasteiger partial charge in [-0.15, -0.1) is 0 Å². The van der Waals surface area contributed by atoms with E-state index in [2.05, 4.69) is 50.1 Å². The minimum absolute atomic E-state index is 0.755. The zero-order valence-electron chi connectivity index (χ0n) is 9.12. The van der Waals surface area contributed by atoms with E-state index in [1.807, 2.05) is 0 Å². The molecule has 3 heteroatoms. The average molecular weight is 221 g/mol. The van der Waals surface area contributed by atoms with Crippen LogP contribution in [0.15, 0.2) is 0 Å². The Morgan fingerprint density at radius 2 is 1.92 bits per heavy atom. The van der Waals surface area contributed by atoms with Crippen LogP contribution < -0.4 is 0 Å². The third kappa shape index (κ3) is 7.71. The van der Waals surface area contributed by atoms with Crippen molar-refractivity contribution in [3.05, 3.63) is 0 Å². The summed E-state index contributed by atoms with van der Waals surface area (Å²) in [5.41, 5.74) is 0. The van der Waals surface area contributed by atoms with Crippen molar-refractivity contribution in [2.45, 2.75) is 20.8 Å². The van der Waals surface area contributed by atoms with Crippen molar-refractivity contribution in [2.75, 3.05) is 36.9 Å². The molecule has 0 aromatic rings. The van der Waals surface area contributed by atoms with Crippen LogP contribution in [0.1, 0.15) is 20.8 Å². The molecule has 0 spiro atoms. The second kappa shape index (κ2) is 9.22. The van der Waals surface area contributed by atoms with Crippen LogP contribution in [0.4, 0.5) is 0 Å². The molecule has 13 heavy (non-hydrogen) atoms. The van der Waals surface area contributed by atoms with Gasteiger partial charge in [-0.25, -0.2) is 0 Å². The van der Waals surface area contributed by atoms with Crippen LogP contribution in [0, 0.1) is 5.92 Å². The van der Waals surface area contributed by atoms with Crippen LogP contribution in [0.5, 0.6) is 0 Å². The first-order valence-corrected chi connectivity index (χ1v) is 6.94. The molecular formula is C10H23NS2. The maximum absolute atomic E-state index is 4.27. The van der Waals surface area contributed by atoms with Crippen LogP contribution in [-0.2, 0) is 0 Å². The summed E-state index contributed by atoms with van der Waals surface area (Å²) in [4.78, 5) is 2.47. The molecule has 1 nitrogen and oxygen atoms in total. The molecule has 0 aliphatic rings. The summed E-state index contributed by atoms with van der Waals surface area (Å²) in [6.07, 6.45) is 0. The Morgan fingerprint density at radius 1 is 1.31 bits per heavy atom. The zero-order valence-corrected chi connectivity index (χ0v) is 10.8. The van der Waals surface area contributed by atoms with Crippen LogP contribution in [0.2, 0.25) is 0 Å². The molecule has 0 aliphatic heterocycles. The SMILES string of the molecule is CCN(CC)CCSCC(C)CS. The van der Waals surface area contributed by atoms with Gasteiger partial charge in [-0.3, -0.25) is 0 Å². The molecule has 0 fully saturated rings. The summed E-state index contributed by atoms with van der Waals surface area (Å²) in [5.74, 6) is 4.29. The van der Waals surface area contributed by atoms with Gasteiger partial charge in [0, 0.05) is 12.3 Å². The predicted molar refractivity (Wildman–Crippen MR) is 68.1 cm³/mol. The van der Waals surface area contributed by atoms with Crippen LogP contribution in [0.3, 0.4) is 0 Å². The number of hydrogen-bond acceptors (Lipinski definition) is 3. The standard InChI is InChI=1S/C10H23NS2/c1-4-11(5-2)6-7-13-9-10(3)8-12/h10,12H,4-9H2,1-3H3. The molecule has 1 atom stereocenters. The number of thiol groups is 1. The number of nitrogens with zero attached hydrogens (tertiary/aromatic N) is 1. The van der Waals surface area contributed by atoms with Crippen molar-refractivity contribution in [3.63, 3.8) is 0 Å². The Morgan fingerprint density at radius 3 is 2.38 bits per heavy atom. The molecule has 0 aromatic carbocycles. The highest BCUT2D eigenvalue weighted by Gasteiger charge is 2.01. The Balaban J connectivity index is 3.23. The first-order valence-electron chi connectivity index (χ1n) is 5.15. The Hall–Kier alpha value is 0.660. The monoisotopic (exact) mass is 221 g/mol. The van der Waals surface area contributed by atoms with Gasteiger partial charge in [0.25, 0.3) is 0 Å². The largest absolute Gasteiger partial charge is 0.303 e. The lowest BCUT2D eigenvalue weighted by Gasteiger charge is -2.17. The van der Waals surface area contributed by atoms with Gasteiger partial charge in [0.05, 0.1) is 0 Å². The van der Waals surface area contributed by atoms with Gasteiger partial charge < -0.3 is 4.90 Å².